The molecule has 18 heavy (non-hydrogen) atoms. The van der Waals surface area contributed by atoms with E-state index in [-0.39, 0.29) is 5.41 Å². The second-order valence-electron chi connectivity index (χ2n) is 5.37. The Balaban J connectivity index is 2.09. The monoisotopic (exact) mass is 266 g/mol. The molecule has 0 spiro atoms. The number of aliphatic hydroxyl groups excluding tert-OH is 1. The van der Waals surface area contributed by atoms with Gasteiger partial charge < -0.3 is 5.11 Å². The Morgan fingerprint density at radius 2 is 2.11 bits per heavy atom. The summed E-state index contributed by atoms with van der Waals surface area (Å²) in [5.74, 6) is 0.565. The fourth-order valence-corrected chi connectivity index (χ4v) is 2.67. The maximum absolute atomic E-state index is 10.2. The smallest absolute Gasteiger partial charge is 0.177 e. The third-order valence-electron chi connectivity index (χ3n) is 2.62. The molecule has 98 valence electrons. The van der Waals surface area contributed by atoms with Gasteiger partial charge in [0.25, 0.3) is 0 Å². The van der Waals surface area contributed by atoms with Crippen LogP contribution in [-0.4, -0.2) is 25.3 Å². The summed E-state index contributed by atoms with van der Waals surface area (Å²) in [7, 11) is 1.71. The van der Waals surface area contributed by atoms with E-state index in [1.807, 2.05) is 6.07 Å². The summed E-state index contributed by atoms with van der Waals surface area (Å²) in [6.45, 7) is 6.50. The van der Waals surface area contributed by atoms with E-state index in [0.717, 1.165) is 4.88 Å². The van der Waals surface area contributed by atoms with E-state index in [9.17, 15) is 5.11 Å². The molecule has 0 aliphatic heterocycles. The number of nitrogens with zero attached hydrogens (tertiary/aromatic N) is 4. The van der Waals surface area contributed by atoms with E-state index in [1.54, 1.807) is 18.4 Å². The molecule has 0 saturated carbocycles. The summed E-state index contributed by atoms with van der Waals surface area (Å²) in [6, 6.07) is 4.06. The summed E-state index contributed by atoms with van der Waals surface area (Å²) in [5.41, 5.74) is 0.118. The van der Waals surface area contributed by atoms with Crippen molar-refractivity contribution in [3.05, 3.63) is 27.7 Å². The minimum atomic E-state index is -0.560. The van der Waals surface area contributed by atoms with Gasteiger partial charge in [-0.05, 0) is 22.8 Å². The molecule has 1 atom stereocenters. The second kappa shape index (κ2) is 4.78. The molecule has 0 fully saturated rings. The van der Waals surface area contributed by atoms with Gasteiger partial charge in [-0.25, -0.2) is 0 Å². The predicted octanol–water partition coefficient (Wildman–Crippen LogP) is 1.85. The van der Waals surface area contributed by atoms with Crippen molar-refractivity contribution in [2.75, 3.05) is 0 Å². The van der Waals surface area contributed by atoms with E-state index in [4.69, 9.17) is 0 Å². The number of tetrazole rings is 1. The van der Waals surface area contributed by atoms with Crippen LogP contribution in [0.25, 0.3) is 0 Å². The molecule has 5 nitrogen and oxygen atoms in total. The van der Waals surface area contributed by atoms with E-state index in [1.165, 1.54) is 9.67 Å². The van der Waals surface area contributed by atoms with Gasteiger partial charge >= 0.3 is 0 Å². The van der Waals surface area contributed by atoms with Crippen LogP contribution in [0.2, 0.25) is 0 Å². The maximum atomic E-state index is 10.2. The van der Waals surface area contributed by atoms with Gasteiger partial charge in [-0.3, -0.25) is 0 Å². The highest BCUT2D eigenvalue weighted by molar-refractivity contribution is 7.12. The van der Waals surface area contributed by atoms with Crippen LogP contribution in [0.15, 0.2) is 12.1 Å². The van der Waals surface area contributed by atoms with Gasteiger partial charge in [-0.2, -0.15) is 4.80 Å². The molecule has 2 aromatic rings. The van der Waals surface area contributed by atoms with Crippen molar-refractivity contribution in [1.29, 1.82) is 0 Å². The van der Waals surface area contributed by atoms with Crippen molar-refractivity contribution in [1.82, 2.24) is 20.2 Å². The number of aliphatic hydroxyl groups is 1. The molecule has 0 radical (unpaired) electrons. The van der Waals surface area contributed by atoms with Crippen LogP contribution in [-0.2, 0) is 18.9 Å². The summed E-state index contributed by atoms with van der Waals surface area (Å²) in [4.78, 5) is 3.62. The van der Waals surface area contributed by atoms with Crippen molar-refractivity contribution in [3.63, 3.8) is 0 Å². The SMILES string of the molecule is Cn1nnc(CC(O)c2ccc(C(C)(C)C)s2)n1. The Bertz CT molecular complexity index is 526. The zero-order valence-electron chi connectivity index (χ0n) is 11.1. The van der Waals surface area contributed by atoms with E-state index >= 15 is 0 Å². The third kappa shape index (κ3) is 2.94. The molecule has 1 N–H and O–H groups in total. The fraction of sp³-hybridized carbons (Fsp3) is 0.583. The van der Waals surface area contributed by atoms with Crippen molar-refractivity contribution in [3.8, 4) is 0 Å². The Morgan fingerprint density at radius 3 is 2.61 bits per heavy atom. The summed E-state index contributed by atoms with van der Waals surface area (Å²) < 4.78 is 0. The summed E-state index contributed by atoms with van der Waals surface area (Å²) in [6.07, 6.45) is -0.159. The zero-order chi connectivity index (χ0) is 13.3. The highest BCUT2D eigenvalue weighted by Gasteiger charge is 2.19. The average molecular weight is 266 g/mol. The van der Waals surface area contributed by atoms with Crippen LogP contribution in [0, 0.1) is 0 Å². The van der Waals surface area contributed by atoms with Crippen LogP contribution in [0.5, 0.6) is 0 Å². The Kier molecular flexibility index (Phi) is 3.49. The molecule has 2 heterocycles. The fourth-order valence-electron chi connectivity index (χ4n) is 1.61. The Hall–Kier alpha value is -1.27. The quantitative estimate of drug-likeness (QED) is 0.920. The molecule has 2 rings (SSSR count). The van der Waals surface area contributed by atoms with Gasteiger partial charge in [0.05, 0.1) is 13.2 Å². The largest absolute Gasteiger partial charge is 0.387 e. The number of aromatic nitrogens is 4. The Labute approximate surface area is 110 Å². The molecule has 0 aliphatic carbocycles. The number of hydrogen-bond donors (Lipinski definition) is 1. The van der Waals surface area contributed by atoms with Crippen molar-refractivity contribution in [2.24, 2.45) is 7.05 Å². The van der Waals surface area contributed by atoms with Crippen molar-refractivity contribution < 1.29 is 5.11 Å². The number of aryl methyl sites for hydroxylation is 1. The number of hydrogen-bond acceptors (Lipinski definition) is 5. The molecular weight excluding hydrogens is 248 g/mol. The average Bonchev–Trinajstić information content (AvgIpc) is 2.85. The van der Waals surface area contributed by atoms with E-state index in [2.05, 4.69) is 42.2 Å². The molecule has 0 saturated heterocycles. The minimum Gasteiger partial charge on any atom is -0.387 e. The van der Waals surface area contributed by atoms with Crippen LogP contribution < -0.4 is 0 Å². The number of thiophene rings is 1. The van der Waals surface area contributed by atoms with Crippen LogP contribution in [0.4, 0.5) is 0 Å². The molecule has 2 aromatic heterocycles. The minimum absolute atomic E-state index is 0.118. The topological polar surface area (TPSA) is 63.8 Å². The first-order valence-electron chi connectivity index (χ1n) is 5.87. The van der Waals surface area contributed by atoms with Gasteiger partial charge in [-0.15, -0.1) is 21.5 Å². The number of rotatable bonds is 3. The van der Waals surface area contributed by atoms with Crippen LogP contribution in [0.1, 0.15) is 42.5 Å². The van der Waals surface area contributed by atoms with Crippen LogP contribution in [0.3, 0.4) is 0 Å². The standard InChI is InChI=1S/C12H18N4OS/c1-12(2,3)10-6-5-9(18-10)8(17)7-11-13-15-16(4)14-11/h5-6,8,17H,7H2,1-4H3. The Morgan fingerprint density at radius 1 is 1.39 bits per heavy atom. The van der Waals surface area contributed by atoms with E-state index in [0.29, 0.717) is 12.2 Å². The second-order valence-corrected chi connectivity index (χ2v) is 6.48. The first-order chi connectivity index (χ1) is 8.36. The highest BCUT2D eigenvalue weighted by atomic mass is 32.1. The lowest BCUT2D eigenvalue weighted by Crippen LogP contribution is -2.08. The maximum Gasteiger partial charge on any atom is 0.177 e. The van der Waals surface area contributed by atoms with Gasteiger partial charge in [-0.1, -0.05) is 20.8 Å². The molecule has 0 aliphatic rings. The van der Waals surface area contributed by atoms with Gasteiger partial charge in [0.2, 0.25) is 0 Å². The van der Waals surface area contributed by atoms with Crippen LogP contribution >= 0.6 is 11.3 Å². The van der Waals surface area contributed by atoms with E-state index < -0.39 is 6.10 Å². The lowest BCUT2D eigenvalue weighted by atomic mass is 9.95. The molecule has 1 unspecified atom stereocenters. The van der Waals surface area contributed by atoms with Crippen molar-refractivity contribution in [2.45, 2.75) is 38.7 Å². The predicted molar refractivity (Wildman–Crippen MR) is 70.5 cm³/mol. The van der Waals surface area contributed by atoms with Gasteiger partial charge in [0.15, 0.2) is 5.82 Å². The first-order valence-corrected chi connectivity index (χ1v) is 6.69. The molecule has 0 amide bonds. The molecule has 6 heteroatoms. The lowest BCUT2D eigenvalue weighted by Gasteiger charge is -2.15. The van der Waals surface area contributed by atoms with Crippen molar-refractivity contribution >= 4 is 11.3 Å². The molecule has 0 bridgehead atoms. The van der Waals surface area contributed by atoms with Gasteiger partial charge in [0.1, 0.15) is 0 Å². The summed E-state index contributed by atoms with van der Waals surface area (Å²) >= 11 is 1.64. The molecule has 0 aromatic carbocycles. The normalized spacial score (nSPS) is 13.8. The zero-order valence-corrected chi connectivity index (χ0v) is 11.9. The highest BCUT2D eigenvalue weighted by Crippen LogP contribution is 2.32. The summed E-state index contributed by atoms with van der Waals surface area (Å²) in [5, 5.41) is 21.9. The molecular formula is C12H18N4OS. The van der Waals surface area contributed by atoms with Gasteiger partial charge in [0, 0.05) is 16.2 Å². The lowest BCUT2D eigenvalue weighted by molar-refractivity contribution is 0.179. The third-order valence-corrected chi connectivity index (χ3v) is 4.23. The first kappa shape index (κ1) is 13.2.